The average Bonchev–Trinajstić information content (AvgIpc) is 2.62. The van der Waals surface area contributed by atoms with E-state index < -0.39 is 16.0 Å². The number of nitrogens with zero attached hydrogens (tertiary/aromatic N) is 2. The van der Waals surface area contributed by atoms with E-state index in [0.717, 1.165) is 24.0 Å². The largest absolute Gasteiger partial charge is 0.478 e. The summed E-state index contributed by atoms with van der Waals surface area (Å²) in [6.07, 6.45) is 3.25. The van der Waals surface area contributed by atoms with Gasteiger partial charge in [-0.25, -0.2) is 18.2 Å². The molecule has 0 saturated heterocycles. The molecule has 2 rings (SSSR count). The molecular weight excluding hydrogens is 378 g/mol. The van der Waals surface area contributed by atoms with Crippen LogP contribution in [-0.2, 0) is 10.0 Å². The summed E-state index contributed by atoms with van der Waals surface area (Å²) >= 11 is 0. The monoisotopic (exact) mass is 405 g/mol. The number of pyridine rings is 1. The zero-order valence-corrected chi connectivity index (χ0v) is 17.5. The van der Waals surface area contributed by atoms with Crippen LogP contribution in [0.25, 0.3) is 0 Å². The molecule has 1 aromatic heterocycles. The number of nitrogens with one attached hydrogen (secondary N) is 1. The number of sulfonamides is 1. The highest BCUT2D eigenvalue weighted by Crippen LogP contribution is 2.24. The van der Waals surface area contributed by atoms with Crippen LogP contribution in [0.15, 0.2) is 35.4 Å². The molecule has 0 amide bonds. The Morgan fingerprint density at radius 2 is 1.79 bits per heavy atom. The summed E-state index contributed by atoms with van der Waals surface area (Å²) in [6, 6.07) is 6.34. The fourth-order valence-electron chi connectivity index (χ4n) is 2.99. The summed E-state index contributed by atoms with van der Waals surface area (Å²) in [5.74, 6) is -0.803. The van der Waals surface area contributed by atoms with Gasteiger partial charge in [0.2, 0.25) is 0 Å². The van der Waals surface area contributed by atoms with Crippen LogP contribution in [0, 0.1) is 13.8 Å². The van der Waals surface area contributed by atoms with Gasteiger partial charge in [0, 0.05) is 13.1 Å². The lowest BCUT2D eigenvalue weighted by Crippen LogP contribution is -2.27. The van der Waals surface area contributed by atoms with Crippen molar-refractivity contribution in [1.82, 2.24) is 4.98 Å². The molecule has 1 heterocycles. The quantitative estimate of drug-likeness (QED) is 0.658. The SMILES string of the molecule is CCCCN(CC)c1ncc(NS(=O)(=O)c2cc(C)cc(C)c2)cc1C(=O)O. The Morgan fingerprint density at radius 1 is 1.14 bits per heavy atom. The van der Waals surface area contributed by atoms with Crippen molar-refractivity contribution in [2.75, 3.05) is 22.7 Å². The number of rotatable bonds is 9. The van der Waals surface area contributed by atoms with Crippen molar-refractivity contribution in [3.63, 3.8) is 0 Å². The van der Waals surface area contributed by atoms with Crippen LogP contribution >= 0.6 is 0 Å². The van der Waals surface area contributed by atoms with Crippen molar-refractivity contribution in [2.24, 2.45) is 0 Å². The zero-order valence-electron chi connectivity index (χ0n) is 16.7. The van der Waals surface area contributed by atoms with E-state index in [0.29, 0.717) is 18.9 Å². The van der Waals surface area contributed by atoms with Gasteiger partial charge in [0.25, 0.3) is 10.0 Å². The minimum Gasteiger partial charge on any atom is -0.478 e. The third-order valence-corrected chi connectivity index (χ3v) is 5.68. The third kappa shape index (κ3) is 5.22. The third-order valence-electron chi connectivity index (χ3n) is 4.32. The van der Waals surface area contributed by atoms with E-state index in [1.807, 2.05) is 31.7 Å². The number of anilines is 2. The molecule has 0 fully saturated rings. The first-order valence-electron chi connectivity index (χ1n) is 9.27. The number of aryl methyl sites for hydroxylation is 2. The Hall–Kier alpha value is -2.61. The molecule has 0 spiro atoms. The van der Waals surface area contributed by atoms with Crippen LogP contribution in [-0.4, -0.2) is 37.6 Å². The summed E-state index contributed by atoms with van der Waals surface area (Å²) in [5.41, 5.74) is 1.74. The molecule has 2 N–H and O–H groups in total. The molecule has 2 aromatic rings. The van der Waals surface area contributed by atoms with Crippen LogP contribution in [0.4, 0.5) is 11.5 Å². The first-order valence-corrected chi connectivity index (χ1v) is 10.8. The van der Waals surface area contributed by atoms with Gasteiger partial charge in [-0.1, -0.05) is 19.4 Å². The zero-order chi connectivity index (χ0) is 20.9. The average molecular weight is 406 g/mol. The second kappa shape index (κ2) is 9.05. The van der Waals surface area contributed by atoms with Gasteiger partial charge in [-0.15, -0.1) is 0 Å². The van der Waals surface area contributed by atoms with Crippen LogP contribution in [0.2, 0.25) is 0 Å². The molecular formula is C20H27N3O4S. The maximum Gasteiger partial charge on any atom is 0.339 e. The standard InChI is InChI=1S/C20H27N3O4S/c1-5-7-8-23(6-2)19-18(20(24)25)12-16(13-21-19)22-28(26,27)17-10-14(3)9-15(4)11-17/h9-13,22H,5-8H2,1-4H3,(H,24,25). The van der Waals surface area contributed by atoms with Crippen molar-refractivity contribution in [3.05, 3.63) is 47.2 Å². The number of carboxylic acids is 1. The minimum absolute atomic E-state index is 0.0291. The van der Waals surface area contributed by atoms with Crippen LogP contribution in [0.5, 0.6) is 0 Å². The van der Waals surface area contributed by atoms with Gasteiger partial charge in [0.05, 0.1) is 16.8 Å². The number of aromatic carboxylic acids is 1. The van der Waals surface area contributed by atoms with Gasteiger partial charge < -0.3 is 10.0 Å². The Morgan fingerprint density at radius 3 is 2.32 bits per heavy atom. The molecule has 0 radical (unpaired) electrons. The minimum atomic E-state index is -3.85. The van der Waals surface area contributed by atoms with E-state index in [-0.39, 0.29) is 16.1 Å². The topological polar surface area (TPSA) is 99.6 Å². The molecule has 0 aliphatic heterocycles. The molecule has 8 heteroatoms. The van der Waals surface area contributed by atoms with Gasteiger partial charge in [0.1, 0.15) is 11.4 Å². The van der Waals surface area contributed by atoms with E-state index in [2.05, 4.69) is 16.6 Å². The van der Waals surface area contributed by atoms with E-state index in [4.69, 9.17) is 0 Å². The number of benzene rings is 1. The number of hydrogen-bond donors (Lipinski definition) is 2. The Labute approximate surface area is 166 Å². The fraction of sp³-hybridized carbons (Fsp3) is 0.400. The van der Waals surface area contributed by atoms with Gasteiger partial charge in [-0.3, -0.25) is 4.72 Å². The Bertz CT molecular complexity index is 938. The van der Waals surface area contributed by atoms with Crippen LogP contribution in [0.3, 0.4) is 0 Å². The predicted octanol–water partition coefficient (Wildman–Crippen LogP) is 3.82. The highest BCUT2D eigenvalue weighted by atomic mass is 32.2. The van der Waals surface area contributed by atoms with E-state index in [9.17, 15) is 18.3 Å². The van der Waals surface area contributed by atoms with Gasteiger partial charge in [-0.2, -0.15) is 0 Å². The van der Waals surface area contributed by atoms with Crippen molar-refractivity contribution >= 4 is 27.5 Å². The molecule has 1 aromatic carbocycles. The predicted molar refractivity (Wildman–Crippen MR) is 111 cm³/mol. The normalized spacial score (nSPS) is 11.3. The number of aromatic nitrogens is 1. The van der Waals surface area contributed by atoms with Crippen molar-refractivity contribution in [2.45, 2.75) is 45.4 Å². The van der Waals surface area contributed by atoms with E-state index >= 15 is 0 Å². The van der Waals surface area contributed by atoms with E-state index in [1.165, 1.54) is 12.3 Å². The second-order valence-electron chi connectivity index (χ2n) is 6.76. The summed E-state index contributed by atoms with van der Waals surface area (Å²) in [5, 5.41) is 9.60. The molecule has 0 aliphatic carbocycles. The number of unbranched alkanes of at least 4 members (excludes halogenated alkanes) is 1. The first-order chi connectivity index (χ1) is 13.2. The lowest BCUT2D eigenvalue weighted by atomic mass is 10.2. The smallest absolute Gasteiger partial charge is 0.339 e. The molecule has 0 saturated carbocycles. The molecule has 7 nitrogen and oxygen atoms in total. The summed E-state index contributed by atoms with van der Waals surface area (Å²) in [7, 11) is -3.85. The molecule has 28 heavy (non-hydrogen) atoms. The molecule has 152 valence electrons. The molecule has 0 atom stereocenters. The summed E-state index contributed by atoms with van der Waals surface area (Å²) in [6.45, 7) is 8.93. The lowest BCUT2D eigenvalue weighted by Gasteiger charge is -2.23. The summed E-state index contributed by atoms with van der Waals surface area (Å²) < 4.78 is 27.9. The first kappa shape index (κ1) is 21.7. The van der Waals surface area contributed by atoms with Gasteiger partial charge in [0.15, 0.2) is 0 Å². The maximum atomic E-state index is 12.7. The van der Waals surface area contributed by atoms with Gasteiger partial charge >= 0.3 is 5.97 Å². The Kier molecular flexibility index (Phi) is 7.01. The summed E-state index contributed by atoms with van der Waals surface area (Å²) in [4.78, 5) is 18.0. The molecule has 0 bridgehead atoms. The van der Waals surface area contributed by atoms with Crippen LogP contribution in [0.1, 0.15) is 48.2 Å². The highest BCUT2D eigenvalue weighted by molar-refractivity contribution is 7.92. The van der Waals surface area contributed by atoms with Gasteiger partial charge in [-0.05, 0) is 56.5 Å². The maximum absolute atomic E-state index is 12.7. The lowest BCUT2D eigenvalue weighted by molar-refractivity contribution is 0.0697. The van der Waals surface area contributed by atoms with Crippen molar-refractivity contribution < 1.29 is 18.3 Å². The number of carboxylic acid groups (broad SMARTS) is 1. The van der Waals surface area contributed by atoms with Crippen LogP contribution < -0.4 is 9.62 Å². The molecule has 0 unspecified atom stereocenters. The van der Waals surface area contributed by atoms with Crippen molar-refractivity contribution in [3.8, 4) is 0 Å². The molecule has 0 aliphatic rings. The number of carbonyl (C=O) groups is 1. The number of hydrogen-bond acceptors (Lipinski definition) is 5. The Balaban J connectivity index is 2.39. The van der Waals surface area contributed by atoms with Crippen molar-refractivity contribution in [1.29, 1.82) is 0 Å². The second-order valence-corrected chi connectivity index (χ2v) is 8.44. The fourth-order valence-corrected chi connectivity index (χ4v) is 4.21. The van der Waals surface area contributed by atoms with E-state index in [1.54, 1.807) is 12.1 Å². The highest BCUT2D eigenvalue weighted by Gasteiger charge is 2.20.